The van der Waals surface area contributed by atoms with Crippen LogP contribution < -0.4 is 9.80 Å². The molecule has 5 rings (SSSR count). The Hall–Kier alpha value is -3.40. The van der Waals surface area contributed by atoms with Gasteiger partial charge < -0.3 is 9.80 Å². The van der Waals surface area contributed by atoms with E-state index < -0.39 is 0 Å². The van der Waals surface area contributed by atoms with Gasteiger partial charge in [0.05, 0.1) is 5.52 Å². The van der Waals surface area contributed by atoms with Crippen molar-refractivity contribution < 1.29 is 0 Å². The highest BCUT2D eigenvalue weighted by Gasteiger charge is 2.21. The van der Waals surface area contributed by atoms with Gasteiger partial charge in [-0.2, -0.15) is 0 Å². The van der Waals surface area contributed by atoms with E-state index >= 15 is 0 Å². The molecule has 2 heterocycles. The lowest BCUT2D eigenvalue weighted by Gasteiger charge is -2.37. The molecule has 0 N–H and O–H groups in total. The Morgan fingerprint density at radius 1 is 0.621 bits per heavy atom. The standard InChI is InChI=1S/C25H24N4/c1-3-9-20(10-4-1)19-24-26-23-14-8-7-13-22(23)25(27-24)29-17-15-28(16-18-29)21-11-5-2-6-12-21/h1-14H,15-19H2. The summed E-state index contributed by atoms with van der Waals surface area (Å²) >= 11 is 0. The van der Waals surface area contributed by atoms with Crippen molar-refractivity contribution in [1.82, 2.24) is 9.97 Å². The summed E-state index contributed by atoms with van der Waals surface area (Å²) in [6, 6.07) is 29.5. The number of rotatable bonds is 4. The van der Waals surface area contributed by atoms with E-state index in [4.69, 9.17) is 9.97 Å². The summed E-state index contributed by atoms with van der Waals surface area (Å²) in [7, 11) is 0. The van der Waals surface area contributed by atoms with Crippen molar-refractivity contribution in [2.75, 3.05) is 36.0 Å². The summed E-state index contributed by atoms with van der Waals surface area (Å²) < 4.78 is 0. The van der Waals surface area contributed by atoms with E-state index in [1.807, 2.05) is 6.07 Å². The highest BCUT2D eigenvalue weighted by atomic mass is 15.3. The summed E-state index contributed by atoms with van der Waals surface area (Å²) in [5, 5.41) is 1.14. The highest BCUT2D eigenvalue weighted by Crippen LogP contribution is 2.26. The van der Waals surface area contributed by atoms with Crippen LogP contribution in [0, 0.1) is 0 Å². The number of fused-ring (bicyclic) bond motifs is 1. The van der Waals surface area contributed by atoms with Crippen LogP contribution >= 0.6 is 0 Å². The summed E-state index contributed by atoms with van der Waals surface area (Å²) in [5.41, 5.74) is 3.56. The predicted molar refractivity (Wildman–Crippen MR) is 120 cm³/mol. The molecule has 1 aliphatic rings. The van der Waals surface area contributed by atoms with Gasteiger partial charge in [-0.3, -0.25) is 0 Å². The normalized spacial score (nSPS) is 14.3. The monoisotopic (exact) mass is 380 g/mol. The molecular formula is C25H24N4. The first-order chi connectivity index (χ1) is 14.4. The molecule has 1 aromatic heterocycles. The van der Waals surface area contributed by atoms with Gasteiger partial charge in [-0.25, -0.2) is 9.97 Å². The third-order valence-corrected chi connectivity index (χ3v) is 5.54. The molecule has 0 atom stereocenters. The zero-order valence-corrected chi connectivity index (χ0v) is 16.4. The van der Waals surface area contributed by atoms with Gasteiger partial charge in [0.15, 0.2) is 0 Å². The SMILES string of the molecule is c1ccc(Cc2nc(N3CCN(c4ccccc4)CC3)c3ccccc3n2)cc1. The van der Waals surface area contributed by atoms with Crippen molar-refractivity contribution in [3.8, 4) is 0 Å². The zero-order chi connectivity index (χ0) is 19.5. The van der Waals surface area contributed by atoms with Crippen LogP contribution in [0.2, 0.25) is 0 Å². The molecule has 1 fully saturated rings. The Morgan fingerprint density at radius 2 is 1.24 bits per heavy atom. The molecule has 4 heteroatoms. The molecule has 0 radical (unpaired) electrons. The van der Waals surface area contributed by atoms with E-state index in [0.717, 1.165) is 55.1 Å². The summed E-state index contributed by atoms with van der Waals surface area (Å²) in [6.07, 6.45) is 0.753. The minimum absolute atomic E-state index is 0.753. The Bertz CT molecular complexity index is 1090. The lowest BCUT2D eigenvalue weighted by Crippen LogP contribution is -2.47. The fourth-order valence-electron chi connectivity index (χ4n) is 4.02. The van der Waals surface area contributed by atoms with E-state index in [-0.39, 0.29) is 0 Å². The van der Waals surface area contributed by atoms with Crippen molar-refractivity contribution in [1.29, 1.82) is 0 Å². The quantitative estimate of drug-likeness (QED) is 0.520. The summed E-state index contributed by atoms with van der Waals surface area (Å²) in [5.74, 6) is 1.95. The first kappa shape index (κ1) is 17.7. The van der Waals surface area contributed by atoms with Crippen LogP contribution in [0.3, 0.4) is 0 Å². The Balaban J connectivity index is 1.43. The average Bonchev–Trinajstić information content (AvgIpc) is 2.80. The lowest BCUT2D eigenvalue weighted by atomic mass is 10.1. The van der Waals surface area contributed by atoms with Crippen molar-refractivity contribution >= 4 is 22.4 Å². The first-order valence-corrected chi connectivity index (χ1v) is 10.2. The largest absolute Gasteiger partial charge is 0.368 e. The second-order valence-corrected chi connectivity index (χ2v) is 7.45. The van der Waals surface area contributed by atoms with Gasteiger partial charge in [-0.05, 0) is 29.8 Å². The average molecular weight is 380 g/mol. The molecule has 0 spiro atoms. The van der Waals surface area contributed by atoms with E-state index in [1.54, 1.807) is 0 Å². The van der Waals surface area contributed by atoms with E-state index in [9.17, 15) is 0 Å². The topological polar surface area (TPSA) is 32.3 Å². The Morgan fingerprint density at radius 3 is 2.00 bits per heavy atom. The molecule has 1 aliphatic heterocycles. The number of hydrogen-bond donors (Lipinski definition) is 0. The van der Waals surface area contributed by atoms with Crippen LogP contribution in [0.15, 0.2) is 84.9 Å². The van der Waals surface area contributed by atoms with Gasteiger partial charge in [0.2, 0.25) is 0 Å². The number of para-hydroxylation sites is 2. The van der Waals surface area contributed by atoms with Crippen LogP contribution in [-0.2, 0) is 6.42 Å². The summed E-state index contributed by atoms with van der Waals surface area (Å²) in [6.45, 7) is 3.91. The predicted octanol–water partition coefficient (Wildman–Crippen LogP) is 4.55. The second kappa shape index (κ2) is 7.92. The van der Waals surface area contributed by atoms with Crippen LogP contribution in [-0.4, -0.2) is 36.1 Å². The third kappa shape index (κ3) is 3.79. The smallest absolute Gasteiger partial charge is 0.140 e. The van der Waals surface area contributed by atoms with Crippen LogP contribution in [0.25, 0.3) is 10.9 Å². The van der Waals surface area contributed by atoms with Gasteiger partial charge in [0.25, 0.3) is 0 Å². The highest BCUT2D eigenvalue weighted by molar-refractivity contribution is 5.89. The molecule has 0 aliphatic carbocycles. The fraction of sp³-hybridized carbons (Fsp3) is 0.200. The van der Waals surface area contributed by atoms with Crippen molar-refractivity contribution in [2.45, 2.75) is 6.42 Å². The second-order valence-electron chi connectivity index (χ2n) is 7.45. The molecule has 144 valence electrons. The van der Waals surface area contributed by atoms with Crippen LogP contribution in [0.4, 0.5) is 11.5 Å². The number of piperazine rings is 1. The van der Waals surface area contributed by atoms with E-state index in [0.29, 0.717) is 0 Å². The van der Waals surface area contributed by atoms with Crippen LogP contribution in [0.5, 0.6) is 0 Å². The Labute approximate surface area is 171 Å². The summed E-state index contributed by atoms with van der Waals surface area (Å²) in [4.78, 5) is 14.7. The fourth-order valence-corrected chi connectivity index (χ4v) is 4.02. The van der Waals surface area contributed by atoms with Gasteiger partial charge in [-0.15, -0.1) is 0 Å². The molecule has 0 bridgehead atoms. The first-order valence-electron chi connectivity index (χ1n) is 10.2. The number of nitrogens with zero attached hydrogens (tertiary/aromatic N) is 4. The Kier molecular flexibility index (Phi) is 4.83. The molecule has 4 aromatic rings. The molecule has 0 saturated carbocycles. The van der Waals surface area contributed by atoms with Crippen molar-refractivity contribution in [2.24, 2.45) is 0 Å². The van der Waals surface area contributed by atoms with Gasteiger partial charge in [0.1, 0.15) is 11.6 Å². The van der Waals surface area contributed by atoms with Gasteiger partial charge in [-0.1, -0.05) is 60.7 Å². The van der Waals surface area contributed by atoms with Gasteiger partial charge >= 0.3 is 0 Å². The number of benzene rings is 3. The minimum atomic E-state index is 0.753. The maximum Gasteiger partial charge on any atom is 0.140 e. The van der Waals surface area contributed by atoms with E-state index in [1.165, 1.54) is 11.3 Å². The number of anilines is 2. The van der Waals surface area contributed by atoms with Crippen LogP contribution in [0.1, 0.15) is 11.4 Å². The number of aromatic nitrogens is 2. The number of hydrogen-bond acceptors (Lipinski definition) is 4. The maximum absolute atomic E-state index is 5.01. The van der Waals surface area contributed by atoms with Gasteiger partial charge in [0, 0.05) is 43.7 Å². The molecule has 1 saturated heterocycles. The zero-order valence-electron chi connectivity index (χ0n) is 16.4. The third-order valence-electron chi connectivity index (χ3n) is 5.54. The molecule has 29 heavy (non-hydrogen) atoms. The molecular weight excluding hydrogens is 356 g/mol. The maximum atomic E-state index is 5.01. The molecule has 4 nitrogen and oxygen atoms in total. The molecule has 0 amide bonds. The lowest BCUT2D eigenvalue weighted by molar-refractivity contribution is 0.647. The van der Waals surface area contributed by atoms with Crippen molar-refractivity contribution in [3.05, 3.63) is 96.3 Å². The van der Waals surface area contributed by atoms with E-state index in [2.05, 4.69) is 88.7 Å². The molecule has 3 aromatic carbocycles. The van der Waals surface area contributed by atoms with Crippen molar-refractivity contribution in [3.63, 3.8) is 0 Å². The molecule has 0 unspecified atom stereocenters. The minimum Gasteiger partial charge on any atom is -0.368 e.